The first kappa shape index (κ1) is 15.0. The molecule has 0 amide bonds. The van der Waals surface area contributed by atoms with E-state index in [-0.39, 0.29) is 31.1 Å². The Morgan fingerprint density at radius 3 is 2.54 bits per heavy atom. The Bertz CT molecular complexity index is 201. The maximum absolute atomic E-state index is 5.33. The number of hydrogen-bond donors (Lipinski definition) is 1. The Balaban J connectivity index is 0. The minimum atomic E-state index is 0. The Kier molecular flexibility index (Phi) is 13.3. The Hall–Kier alpha value is -0.458. The molecule has 0 spiro atoms. The van der Waals surface area contributed by atoms with E-state index < -0.39 is 0 Å². The van der Waals surface area contributed by atoms with Gasteiger partial charge in [0.2, 0.25) is 0 Å². The Morgan fingerprint density at radius 1 is 1.69 bits per heavy atom. The summed E-state index contributed by atoms with van der Waals surface area (Å²) in [6.45, 7) is 5.78. The third-order valence-electron chi connectivity index (χ3n) is 0.973. The number of nitrogens with two attached hydrogens (primary N) is 1. The summed E-state index contributed by atoms with van der Waals surface area (Å²) in [5.74, 6) is 0. The molecule has 1 rings (SSSR count). The van der Waals surface area contributed by atoms with Crippen molar-refractivity contribution in [2.45, 2.75) is 6.92 Å². The SMILES string of the molecule is C=N[N-]CC.Nc1c[c-]ccc1.[U+2]. The zero-order valence-electron chi connectivity index (χ0n) is 7.70. The van der Waals surface area contributed by atoms with Crippen LogP contribution < -0.4 is 5.73 Å². The molecule has 0 aliphatic carbocycles. The van der Waals surface area contributed by atoms with E-state index in [1.165, 1.54) is 0 Å². The Labute approximate surface area is 103 Å². The van der Waals surface area contributed by atoms with Crippen LogP contribution in [-0.4, -0.2) is 13.3 Å². The first-order valence-corrected chi connectivity index (χ1v) is 3.65. The largest absolute Gasteiger partial charge is 2.00 e. The minimum Gasteiger partial charge on any atom is -0.603 e. The molecule has 68 valence electrons. The summed E-state index contributed by atoms with van der Waals surface area (Å²) in [5, 5.41) is 3.23. The summed E-state index contributed by atoms with van der Waals surface area (Å²) in [4.78, 5) is 0. The van der Waals surface area contributed by atoms with Gasteiger partial charge in [-0.25, -0.2) is 0 Å². The molecular formula is C9H13N3U. The predicted octanol–water partition coefficient (Wildman–Crippen LogP) is 2.06. The van der Waals surface area contributed by atoms with Crippen molar-refractivity contribution in [1.82, 2.24) is 0 Å². The summed E-state index contributed by atoms with van der Waals surface area (Å²) in [5.41, 5.74) is 9.58. The summed E-state index contributed by atoms with van der Waals surface area (Å²) in [6, 6.07) is 10.1. The maximum Gasteiger partial charge on any atom is 2.00 e. The van der Waals surface area contributed by atoms with Crippen molar-refractivity contribution in [3.05, 3.63) is 35.8 Å². The number of rotatable bonds is 2. The topological polar surface area (TPSA) is 52.5 Å². The van der Waals surface area contributed by atoms with Gasteiger partial charge < -0.3 is 16.3 Å². The molecule has 1 aromatic carbocycles. The third-order valence-corrected chi connectivity index (χ3v) is 0.973. The van der Waals surface area contributed by atoms with Gasteiger partial charge in [0.25, 0.3) is 0 Å². The van der Waals surface area contributed by atoms with Gasteiger partial charge in [-0.1, -0.05) is 12.6 Å². The van der Waals surface area contributed by atoms with Crippen molar-refractivity contribution < 1.29 is 31.1 Å². The molecular weight excluding hydrogens is 388 g/mol. The zero-order chi connectivity index (χ0) is 9.23. The van der Waals surface area contributed by atoms with Crippen molar-refractivity contribution in [1.29, 1.82) is 0 Å². The number of nitrogens with zero attached hydrogens (tertiary/aromatic N) is 2. The standard InChI is InChI=1S/C6H6N.C3H7N2.U/c7-6-4-2-1-3-5-6;1-3-5-4-2;/h1-2,4-5H,7H2;2-3H2,1H3;/q2*-1;+2. The van der Waals surface area contributed by atoms with E-state index in [1.54, 1.807) is 6.07 Å². The van der Waals surface area contributed by atoms with E-state index in [0.717, 1.165) is 12.2 Å². The monoisotopic (exact) mass is 401 g/mol. The number of benzene rings is 1. The molecule has 0 aliphatic rings. The second-order valence-corrected chi connectivity index (χ2v) is 1.94. The van der Waals surface area contributed by atoms with Gasteiger partial charge >= 0.3 is 31.1 Å². The van der Waals surface area contributed by atoms with E-state index in [9.17, 15) is 0 Å². The van der Waals surface area contributed by atoms with E-state index in [1.807, 2.05) is 25.1 Å². The van der Waals surface area contributed by atoms with Crippen LogP contribution in [-0.2, 0) is 0 Å². The van der Waals surface area contributed by atoms with Crippen molar-refractivity contribution in [3.8, 4) is 0 Å². The van der Waals surface area contributed by atoms with Crippen LogP contribution in [0.2, 0.25) is 0 Å². The molecule has 0 fully saturated rings. The molecule has 0 radical (unpaired) electrons. The molecule has 0 saturated carbocycles. The van der Waals surface area contributed by atoms with Crippen LogP contribution in [0.15, 0.2) is 29.4 Å². The first-order chi connectivity index (χ1) is 5.81. The van der Waals surface area contributed by atoms with Gasteiger partial charge in [0.05, 0.1) is 0 Å². The molecule has 0 aliphatic heterocycles. The van der Waals surface area contributed by atoms with Crippen molar-refractivity contribution in [3.63, 3.8) is 0 Å². The fraction of sp³-hybridized carbons (Fsp3) is 0.222. The molecule has 3 nitrogen and oxygen atoms in total. The molecule has 0 heterocycles. The number of anilines is 1. The molecule has 0 bridgehead atoms. The zero-order valence-corrected chi connectivity index (χ0v) is 11.9. The van der Waals surface area contributed by atoms with Crippen LogP contribution in [0, 0.1) is 37.2 Å². The number of hydrogen-bond acceptors (Lipinski definition) is 2. The Morgan fingerprint density at radius 2 is 2.38 bits per heavy atom. The molecule has 0 unspecified atom stereocenters. The predicted molar refractivity (Wildman–Crippen MR) is 53.1 cm³/mol. The molecule has 2 N–H and O–H groups in total. The molecule has 0 saturated heterocycles. The quantitative estimate of drug-likeness (QED) is 0.351. The maximum atomic E-state index is 5.33. The van der Waals surface area contributed by atoms with Crippen LogP contribution in [0.1, 0.15) is 6.92 Å². The molecule has 4 heteroatoms. The van der Waals surface area contributed by atoms with Gasteiger partial charge in [-0.2, -0.15) is 30.3 Å². The van der Waals surface area contributed by atoms with E-state index in [2.05, 4.69) is 23.3 Å². The average Bonchev–Trinajstić information content (AvgIpc) is 2.08. The molecule has 1 aromatic rings. The second kappa shape index (κ2) is 11.5. The van der Waals surface area contributed by atoms with E-state index in [0.29, 0.717) is 0 Å². The molecule has 0 atom stereocenters. The van der Waals surface area contributed by atoms with Gasteiger partial charge in [-0.3, -0.25) is 0 Å². The van der Waals surface area contributed by atoms with Crippen molar-refractivity contribution >= 4 is 12.4 Å². The molecule has 0 aromatic heterocycles. The average molecular weight is 401 g/mol. The molecule has 13 heavy (non-hydrogen) atoms. The minimum absolute atomic E-state index is 0. The normalized spacial score (nSPS) is 7.15. The van der Waals surface area contributed by atoms with Crippen LogP contribution in [0.5, 0.6) is 0 Å². The first-order valence-electron chi connectivity index (χ1n) is 3.65. The fourth-order valence-electron chi connectivity index (χ4n) is 0.507. The fourth-order valence-corrected chi connectivity index (χ4v) is 0.507. The summed E-state index contributed by atoms with van der Waals surface area (Å²) < 4.78 is 0. The van der Waals surface area contributed by atoms with Gasteiger partial charge in [0.1, 0.15) is 0 Å². The van der Waals surface area contributed by atoms with E-state index in [4.69, 9.17) is 5.73 Å². The van der Waals surface area contributed by atoms with Crippen molar-refractivity contribution in [2.24, 2.45) is 5.10 Å². The van der Waals surface area contributed by atoms with Gasteiger partial charge in [0, 0.05) is 0 Å². The second-order valence-electron chi connectivity index (χ2n) is 1.94. The van der Waals surface area contributed by atoms with Crippen LogP contribution >= 0.6 is 0 Å². The summed E-state index contributed by atoms with van der Waals surface area (Å²) in [7, 11) is 0. The van der Waals surface area contributed by atoms with Crippen LogP contribution in [0.3, 0.4) is 0 Å². The van der Waals surface area contributed by atoms with Crippen LogP contribution in [0.25, 0.3) is 5.43 Å². The van der Waals surface area contributed by atoms with E-state index >= 15 is 0 Å². The summed E-state index contributed by atoms with van der Waals surface area (Å²) in [6.07, 6.45) is 0. The number of nitrogen functional groups attached to an aromatic ring is 1. The van der Waals surface area contributed by atoms with Crippen LogP contribution in [0.4, 0.5) is 5.69 Å². The van der Waals surface area contributed by atoms with Gasteiger partial charge in [-0.15, -0.1) is 6.54 Å². The van der Waals surface area contributed by atoms with Gasteiger partial charge in [0.15, 0.2) is 0 Å². The van der Waals surface area contributed by atoms with Crippen molar-refractivity contribution in [2.75, 3.05) is 12.3 Å². The smallest absolute Gasteiger partial charge is 0.603 e. The summed E-state index contributed by atoms with van der Waals surface area (Å²) >= 11 is 0. The third kappa shape index (κ3) is 11.5. The van der Waals surface area contributed by atoms with Gasteiger partial charge in [-0.05, 0) is 6.72 Å².